The van der Waals surface area contributed by atoms with Gasteiger partial charge in [-0.05, 0) is 29.8 Å². The average Bonchev–Trinajstić information content (AvgIpc) is 2.64. The fourth-order valence-corrected chi connectivity index (χ4v) is 2.10. The smallest absolute Gasteiger partial charge is 0.251 e. The van der Waals surface area contributed by atoms with Gasteiger partial charge in [0.25, 0.3) is 5.91 Å². The number of para-hydroxylation sites is 1. The van der Waals surface area contributed by atoms with E-state index >= 15 is 0 Å². The van der Waals surface area contributed by atoms with Gasteiger partial charge < -0.3 is 20.1 Å². The molecule has 0 atom stereocenters. The number of hydrogen-bond acceptors (Lipinski definition) is 4. The van der Waals surface area contributed by atoms with Crippen molar-refractivity contribution >= 4 is 5.91 Å². The van der Waals surface area contributed by atoms with Crippen LogP contribution >= 0.6 is 0 Å². The molecule has 128 valence electrons. The molecule has 0 aliphatic heterocycles. The predicted molar refractivity (Wildman–Crippen MR) is 94.3 cm³/mol. The molecule has 0 saturated heterocycles. The Balaban J connectivity index is 1.71. The number of rotatable bonds is 10. The maximum Gasteiger partial charge on any atom is 0.251 e. The van der Waals surface area contributed by atoms with Gasteiger partial charge in [0.05, 0.1) is 6.61 Å². The number of benzene rings is 2. The number of nitrogens with one attached hydrogen (secondary N) is 2. The van der Waals surface area contributed by atoms with Crippen LogP contribution in [0, 0.1) is 0 Å². The summed E-state index contributed by atoms with van der Waals surface area (Å²) < 4.78 is 10.6. The third-order valence-corrected chi connectivity index (χ3v) is 3.44. The zero-order valence-corrected chi connectivity index (χ0v) is 14.0. The SMILES string of the molecule is COCCNCCNC(=O)c1ccc(COc2ccccc2)cc1. The van der Waals surface area contributed by atoms with Crippen LogP contribution in [-0.2, 0) is 11.3 Å². The highest BCUT2D eigenvalue weighted by molar-refractivity contribution is 5.94. The van der Waals surface area contributed by atoms with Crippen LogP contribution in [0.4, 0.5) is 0 Å². The summed E-state index contributed by atoms with van der Waals surface area (Å²) >= 11 is 0. The fourth-order valence-electron chi connectivity index (χ4n) is 2.10. The van der Waals surface area contributed by atoms with Gasteiger partial charge in [-0.2, -0.15) is 0 Å². The summed E-state index contributed by atoms with van der Waals surface area (Å²) in [6, 6.07) is 17.1. The average molecular weight is 328 g/mol. The van der Waals surface area contributed by atoms with Crippen LogP contribution in [-0.4, -0.2) is 39.3 Å². The lowest BCUT2D eigenvalue weighted by Crippen LogP contribution is -2.33. The van der Waals surface area contributed by atoms with Crippen LogP contribution in [0.1, 0.15) is 15.9 Å². The highest BCUT2D eigenvalue weighted by atomic mass is 16.5. The van der Waals surface area contributed by atoms with Crippen molar-refractivity contribution in [3.8, 4) is 5.75 Å². The van der Waals surface area contributed by atoms with E-state index < -0.39 is 0 Å². The summed E-state index contributed by atoms with van der Waals surface area (Å²) in [6.45, 7) is 3.23. The van der Waals surface area contributed by atoms with Gasteiger partial charge in [0.2, 0.25) is 0 Å². The van der Waals surface area contributed by atoms with Crippen molar-refractivity contribution < 1.29 is 14.3 Å². The Bertz CT molecular complexity index is 600. The molecule has 2 rings (SSSR count). The molecule has 0 spiro atoms. The van der Waals surface area contributed by atoms with E-state index in [1.54, 1.807) is 7.11 Å². The van der Waals surface area contributed by atoms with E-state index in [0.717, 1.165) is 24.4 Å². The van der Waals surface area contributed by atoms with Crippen LogP contribution in [0.25, 0.3) is 0 Å². The van der Waals surface area contributed by atoms with E-state index in [0.29, 0.717) is 25.3 Å². The Morgan fingerprint density at radius 3 is 2.42 bits per heavy atom. The summed E-state index contributed by atoms with van der Waals surface area (Å²) in [5.74, 6) is 0.763. The molecule has 0 unspecified atom stereocenters. The highest BCUT2D eigenvalue weighted by Gasteiger charge is 2.04. The molecule has 5 heteroatoms. The number of methoxy groups -OCH3 is 1. The van der Waals surface area contributed by atoms with Gasteiger partial charge in [-0.3, -0.25) is 4.79 Å². The Morgan fingerprint density at radius 1 is 0.958 bits per heavy atom. The van der Waals surface area contributed by atoms with Crippen LogP contribution in [0.15, 0.2) is 54.6 Å². The first-order valence-corrected chi connectivity index (χ1v) is 8.04. The molecule has 2 N–H and O–H groups in total. The molecule has 0 bridgehead atoms. The van der Waals surface area contributed by atoms with E-state index in [1.807, 2.05) is 54.6 Å². The lowest BCUT2D eigenvalue weighted by molar-refractivity contribution is 0.0953. The lowest BCUT2D eigenvalue weighted by Gasteiger charge is -2.08. The third-order valence-electron chi connectivity index (χ3n) is 3.44. The van der Waals surface area contributed by atoms with E-state index in [1.165, 1.54) is 0 Å². The molecule has 24 heavy (non-hydrogen) atoms. The van der Waals surface area contributed by atoms with Gasteiger partial charge in [0.1, 0.15) is 12.4 Å². The van der Waals surface area contributed by atoms with Crippen molar-refractivity contribution in [2.75, 3.05) is 33.4 Å². The Kier molecular flexibility index (Phi) is 7.80. The van der Waals surface area contributed by atoms with E-state index in [9.17, 15) is 4.79 Å². The van der Waals surface area contributed by atoms with Crippen LogP contribution in [0.5, 0.6) is 5.75 Å². The summed E-state index contributed by atoms with van der Waals surface area (Å²) in [6.07, 6.45) is 0. The maximum absolute atomic E-state index is 12.0. The standard InChI is InChI=1S/C19H24N2O3/c1-23-14-13-20-11-12-21-19(22)17-9-7-16(8-10-17)15-24-18-5-3-2-4-6-18/h2-10,20H,11-15H2,1H3,(H,21,22). The second kappa shape index (κ2) is 10.4. The van der Waals surface area contributed by atoms with Crippen molar-refractivity contribution in [3.05, 3.63) is 65.7 Å². The van der Waals surface area contributed by atoms with Gasteiger partial charge in [0, 0.05) is 32.3 Å². The van der Waals surface area contributed by atoms with Crippen LogP contribution < -0.4 is 15.4 Å². The normalized spacial score (nSPS) is 10.4. The molecule has 2 aromatic rings. The molecule has 0 heterocycles. The molecule has 1 amide bonds. The molecule has 0 radical (unpaired) electrons. The first kappa shape index (κ1) is 18.0. The molecule has 0 aliphatic carbocycles. The van der Waals surface area contributed by atoms with E-state index in [4.69, 9.17) is 9.47 Å². The van der Waals surface area contributed by atoms with Gasteiger partial charge in [-0.25, -0.2) is 0 Å². The highest BCUT2D eigenvalue weighted by Crippen LogP contribution is 2.12. The van der Waals surface area contributed by atoms with Crippen molar-refractivity contribution in [1.82, 2.24) is 10.6 Å². The fraction of sp³-hybridized carbons (Fsp3) is 0.316. The molecule has 0 aromatic heterocycles. The van der Waals surface area contributed by atoms with Crippen molar-refractivity contribution in [3.63, 3.8) is 0 Å². The molecular weight excluding hydrogens is 304 g/mol. The quantitative estimate of drug-likeness (QED) is 0.657. The van der Waals surface area contributed by atoms with Gasteiger partial charge in [0.15, 0.2) is 0 Å². The molecule has 2 aromatic carbocycles. The van der Waals surface area contributed by atoms with Crippen molar-refractivity contribution in [2.24, 2.45) is 0 Å². The molecule has 0 aliphatic rings. The van der Waals surface area contributed by atoms with Crippen LogP contribution in [0.2, 0.25) is 0 Å². The Morgan fingerprint density at radius 2 is 1.71 bits per heavy atom. The summed E-state index contributed by atoms with van der Waals surface area (Å²) in [4.78, 5) is 12.0. The lowest BCUT2D eigenvalue weighted by atomic mass is 10.1. The number of ether oxygens (including phenoxy) is 2. The minimum Gasteiger partial charge on any atom is -0.489 e. The first-order chi connectivity index (χ1) is 11.8. The number of hydrogen-bond donors (Lipinski definition) is 2. The van der Waals surface area contributed by atoms with Gasteiger partial charge >= 0.3 is 0 Å². The molecule has 5 nitrogen and oxygen atoms in total. The largest absolute Gasteiger partial charge is 0.489 e. The molecule has 0 fully saturated rings. The number of carbonyl (C=O) groups is 1. The van der Waals surface area contributed by atoms with Crippen molar-refractivity contribution in [2.45, 2.75) is 6.61 Å². The Labute approximate surface area is 143 Å². The van der Waals surface area contributed by atoms with Crippen molar-refractivity contribution in [1.29, 1.82) is 0 Å². The van der Waals surface area contributed by atoms with E-state index in [2.05, 4.69) is 10.6 Å². The van der Waals surface area contributed by atoms with Gasteiger partial charge in [-0.1, -0.05) is 30.3 Å². The minimum atomic E-state index is -0.0703. The Hall–Kier alpha value is -2.37. The summed E-state index contributed by atoms with van der Waals surface area (Å²) in [5.41, 5.74) is 1.67. The predicted octanol–water partition coefficient (Wildman–Crippen LogP) is 2.23. The summed E-state index contributed by atoms with van der Waals surface area (Å²) in [7, 11) is 1.66. The number of carbonyl (C=O) groups excluding carboxylic acids is 1. The number of amides is 1. The second-order valence-corrected chi connectivity index (χ2v) is 5.30. The minimum absolute atomic E-state index is 0.0703. The molecule has 0 saturated carbocycles. The van der Waals surface area contributed by atoms with Gasteiger partial charge in [-0.15, -0.1) is 0 Å². The van der Waals surface area contributed by atoms with Crippen LogP contribution in [0.3, 0.4) is 0 Å². The van der Waals surface area contributed by atoms with E-state index in [-0.39, 0.29) is 5.91 Å². The second-order valence-electron chi connectivity index (χ2n) is 5.30. The third kappa shape index (κ3) is 6.40. The monoisotopic (exact) mass is 328 g/mol. The molecular formula is C19H24N2O3. The zero-order chi connectivity index (χ0) is 17.0. The summed E-state index contributed by atoms with van der Waals surface area (Å²) in [5, 5.41) is 6.06. The first-order valence-electron chi connectivity index (χ1n) is 8.04. The maximum atomic E-state index is 12.0. The topological polar surface area (TPSA) is 59.6 Å². The zero-order valence-electron chi connectivity index (χ0n) is 14.0.